The Labute approximate surface area is 169 Å². The quantitative estimate of drug-likeness (QED) is 0.431. The fraction of sp³-hybridized carbons (Fsp3) is 0.833. The zero-order chi connectivity index (χ0) is 20.1. The first-order chi connectivity index (χ1) is 13.2. The predicted molar refractivity (Wildman–Crippen MR) is 107 cm³/mol. The van der Waals surface area contributed by atoms with Gasteiger partial charge in [0.05, 0.1) is 12.0 Å². The Kier molecular flexibility index (Phi) is 5.12. The van der Waals surface area contributed by atoms with E-state index < -0.39 is 5.41 Å². The molecule has 0 spiro atoms. The summed E-state index contributed by atoms with van der Waals surface area (Å²) < 4.78 is 11.8. The minimum absolute atomic E-state index is 0.0213. The second-order valence-corrected chi connectivity index (χ2v) is 10.7. The molecule has 4 nitrogen and oxygen atoms in total. The molecule has 5 fully saturated rings. The molecule has 0 aromatic heterocycles. The van der Waals surface area contributed by atoms with Gasteiger partial charge in [0.25, 0.3) is 0 Å². The second-order valence-electron chi connectivity index (χ2n) is 10.7. The lowest BCUT2D eigenvalue weighted by atomic mass is 9.48. The highest BCUT2D eigenvalue weighted by molar-refractivity contribution is 5.87. The molecule has 156 valence electrons. The van der Waals surface area contributed by atoms with Gasteiger partial charge in [-0.25, -0.2) is 4.79 Å². The maximum atomic E-state index is 13.3. The Hall–Kier alpha value is -1.32. The highest BCUT2D eigenvalue weighted by atomic mass is 16.6. The maximum Gasteiger partial charge on any atom is 0.333 e. The summed E-state index contributed by atoms with van der Waals surface area (Å²) in [4.78, 5) is 25.0. The summed E-state index contributed by atoms with van der Waals surface area (Å²) in [5, 5.41) is 0. The topological polar surface area (TPSA) is 52.6 Å². The van der Waals surface area contributed by atoms with Crippen molar-refractivity contribution in [1.82, 2.24) is 0 Å². The van der Waals surface area contributed by atoms with Gasteiger partial charge in [0.1, 0.15) is 5.60 Å². The van der Waals surface area contributed by atoms with Gasteiger partial charge in [-0.3, -0.25) is 4.79 Å². The van der Waals surface area contributed by atoms with Crippen LogP contribution in [0, 0.1) is 35.0 Å². The molecule has 0 aliphatic heterocycles. The third-order valence-corrected chi connectivity index (χ3v) is 7.98. The highest BCUT2D eigenvalue weighted by Crippen LogP contribution is 2.62. The summed E-state index contributed by atoms with van der Waals surface area (Å²) >= 11 is 0. The molecule has 5 aliphatic rings. The van der Waals surface area contributed by atoms with Crippen LogP contribution in [0.4, 0.5) is 0 Å². The van der Waals surface area contributed by atoms with Crippen LogP contribution in [0.5, 0.6) is 0 Å². The summed E-state index contributed by atoms with van der Waals surface area (Å²) in [6.45, 7) is 10.0. The van der Waals surface area contributed by atoms with Crippen molar-refractivity contribution in [3.05, 3.63) is 12.2 Å². The molecule has 0 N–H and O–H groups in total. The zero-order valence-corrected chi connectivity index (χ0v) is 17.8. The van der Waals surface area contributed by atoms with E-state index in [9.17, 15) is 9.59 Å². The molecule has 28 heavy (non-hydrogen) atoms. The third kappa shape index (κ3) is 3.52. The van der Waals surface area contributed by atoms with Gasteiger partial charge < -0.3 is 9.47 Å². The number of carbonyl (C=O) groups is 2. The van der Waals surface area contributed by atoms with E-state index in [1.54, 1.807) is 6.92 Å². The van der Waals surface area contributed by atoms with Crippen LogP contribution in [-0.2, 0) is 19.1 Å². The molecular weight excluding hydrogens is 352 g/mol. The first-order valence-electron chi connectivity index (χ1n) is 11.3. The van der Waals surface area contributed by atoms with Crippen LogP contribution in [-0.4, -0.2) is 24.1 Å². The lowest BCUT2D eigenvalue weighted by molar-refractivity contribution is -0.220. The van der Waals surface area contributed by atoms with Crippen LogP contribution in [0.25, 0.3) is 0 Å². The Morgan fingerprint density at radius 2 is 1.61 bits per heavy atom. The predicted octanol–water partition coefficient (Wildman–Crippen LogP) is 5.06. The summed E-state index contributed by atoms with van der Waals surface area (Å²) in [5.74, 6) is 2.95. The fourth-order valence-corrected chi connectivity index (χ4v) is 6.61. The Morgan fingerprint density at radius 3 is 2.07 bits per heavy atom. The Morgan fingerprint density at radius 1 is 1.04 bits per heavy atom. The smallest absolute Gasteiger partial charge is 0.333 e. The van der Waals surface area contributed by atoms with E-state index in [0.717, 1.165) is 31.1 Å². The number of ether oxygens (including phenoxy) is 2. The summed E-state index contributed by atoms with van der Waals surface area (Å²) in [6.07, 6.45) is 9.66. The van der Waals surface area contributed by atoms with Gasteiger partial charge in [-0.2, -0.15) is 0 Å². The monoisotopic (exact) mass is 388 g/mol. The van der Waals surface area contributed by atoms with Crippen molar-refractivity contribution in [2.24, 2.45) is 35.0 Å². The summed E-state index contributed by atoms with van der Waals surface area (Å²) in [6, 6.07) is 0. The first-order valence-corrected chi connectivity index (χ1v) is 11.3. The first kappa shape index (κ1) is 20.0. The molecule has 0 saturated heterocycles. The molecule has 0 aromatic rings. The SMILES string of the molecule is C=C(C)C(=O)OCCC1(C(=O)OC2(CC(C)C)C3CC4CC(C3)CC2C4)CC1. The Bertz CT molecular complexity index is 630. The molecule has 0 aromatic carbocycles. The van der Waals surface area contributed by atoms with Crippen LogP contribution in [0.2, 0.25) is 0 Å². The van der Waals surface area contributed by atoms with Gasteiger partial charge in [0, 0.05) is 5.57 Å². The molecule has 4 bridgehead atoms. The molecule has 0 heterocycles. The van der Waals surface area contributed by atoms with Gasteiger partial charge in [-0.05, 0) is 94.3 Å². The number of carbonyl (C=O) groups excluding carboxylic acids is 2. The van der Waals surface area contributed by atoms with Crippen molar-refractivity contribution in [2.45, 2.75) is 84.2 Å². The van der Waals surface area contributed by atoms with Crippen molar-refractivity contribution in [1.29, 1.82) is 0 Å². The molecule has 0 amide bonds. The molecule has 5 rings (SSSR count). The van der Waals surface area contributed by atoms with Crippen molar-refractivity contribution in [3.8, 4) is 0 Å². The zero-order valence-electron chi connectivity index (χ0n) is 17.8. The Balaban J connectivity index is 1.45. The van der Waals surface area contributed by atoms with Crippen molar-refractivity contribution in [2.75, 3.05) is 6.61 Å². The van der Waals surface area contributed by atoms with E-state index in [4.69, 9.17) is 9.47 Å². The lowest BCUT2D eigenvalue weighted by Gasteiger charge is -2.61. The minimum atomic E-state index is -0.423. The normalized spacial score (nSPS) is 37.0. The lowest BCUT2D eigenvalue weighted by Crippen LogP contribution is -2.60. The van der Waals surface area contributed by atoms with Gasteiger partial charge in [0.15, 0.2) is 0 Å². The minimum Gasteiger partial charge on any atom is -0.462 e. The molecular formula is C24H36O4. The molecule has 5 aliphatic carbocycles. The van der Waals surface area contributed by atoms with E-state index in [0.29, 0.717) is 29.7 Å². The van der Waals surface area contributed by atoms with Gasteiger partial charge in [-0.1, -0.05) is 20.4 Å². The van der Waals surface area contributed by atoms with E-state index in [2.05, 4.69) is 20.4 Å². The largest absolute Gasteiger partial charge is 0.462 e. The molecule has 5 saturated carbocycles. The molecule has 0 unspecified atom stereocenters. The van der Waals surface area contributed by atoms with Crippen LogP contribution in [0.3, 0.4) is 0 Å². The van der Waals surface area contributed by atoms with E-state index >= 15 is 0 Å². The van der Waals surface area contributed by atoms with E-state index in [1.165, 1.54) is 32.1 Å². The summed E-state index contributed by atoms with van der Waals surface area (Å²) in [7, 11) is 0. The third-order valence-electron chi connectivity index (χ3n) is 7.98. The molecule has 0 atom stereocenters. The van der Waals surface area contributed by atoms with Crippen LogP contribution < -0.4 is 0 Å². The number of hydrogen-bond acceptors (Lipinski definition) is 4. The molecule has 4 heteroatoms. The number of hydrogen-bond donors (Lipinski definition) is 0. The number of rotatable bonds is 8. The van der Waals surface area contributed by atoms with Crippen LogP contribution in [0.1, 0.15) is 78.6 Å². The number of esters is 2. The van der Waals surface area contributed by atoms with Gasteiger partial charge in [0.2, 0.25) is 0 Å². The average Bonchev–Trinajstić information content (AvgIpc) is 3.39. The van der Waals surface area contributed by atoms with Crippen LogP contribution >= 0.6 is 0 Å². The van der Waals surface area contributed by atoms with Crippen LogP contribution in [0.15, 0.2) is 12.2 Å². The van der Waals surface area contributed by atoms with E-state index in [-0.39, 0.29) is 24.1 Å². The highest BCUT2D eigenvalue weighted by Gasteiger charge is 2.62. The molecule has 0 radical (unpaired) electrons. The standard InChI is InChI=1S/C24H36O4/c1-15(2)14-24(19-10-17-9-18(12-19)13-20(24)11-17)28-22(26)23(5-6-23)7-8-27-21(25)16(3)4/h15,17-20H,3,5-14H2,1-2,4H3. The van der Waals surface area contributed by atoms with Gasteiger partial charge in [-0.15, -0.1) is 0 Å². The van der Waals surface area contributed by atoms with Gasteiger partial charge >= 0.3 is 11.9 Å². The summed E-state index contributed by atoms with van der Waals surface area (Å²) in [5.41, 5.74) is -0.270. The fourth-order valence-electron chi connectivity index (χ4n) is 6.61. The van der Waals surface area contributed by atoms with Crippen molar-refractivity contribution in [3.63, 3.8) is 0 Å². The van der Waals surface area contributed by atoms with Crippen molar-refractivity contribution >= 4 is 11.9 Å². The van der Waals surface area contributed by atoms with Crippen molar-refractivity contribution < 1.29 is 19.1 Å². The second kappa shape index (κ2) is 7.18. The average molecular weight is 389 g/mol. The van der Waals surface area contributed by atoms with E-state index in [1.807, 2.05) is 0 Å². The maximum absolute atomic E-state index is 13.3.